The fraction of sp³-hybridized carbons (Fsp3) is 0.733. The van der Waals surface area contributed by atoms with E-state index in [0.29, 0.717) is 0 Å². The SMILES string of the molecule is CC(C)(C)OC(=O)N[C@@H](CC(=O)O)CN1CC(C(F)(F)F)CC1=O.NC(=O)O. The van der Waals surface area contributed by atoms with Crippen molar-refractivity contribution in [1.82, 2.24) is 10.2 Å². The average molecular weight is 415 g/mol. The van der Waals surface area contributed by atoms with E-state index < -0.39 is 67.2 Å². The van der Waals surface area contributed by atoms with Crippen LogP contribution in [0.4, 0.5) is 22.8 Å². The van der Waals surface area contributed by atoms with E-state index in [9.17, 15) is 27.6 Å². The quantitative estimate of drug-likeness (QED) is 0.528. The van der Waals surface area contributed by atoms with Crippen LogP contribution in [0.3, 0.4) is 0 Å². The van der Waals surface area contributed by atoms with Gasteiger partial charge in [0.2, 0.25) is 5.91 Å². The number of likely N-dealkylation sites (tertiary alicyclic amines) is 1. The Morgan fingerprint density at radius 3 is 2.14 bits per heavy atom. The minimum atomic E-state index is -4.49. The van der Waals surface area contributed by atoms with E-state index in [1.807, 2.05) is 0 Å². The number of nitrogens with one attached hydrogen (secondary N) is 1. The summed E-state index contributed by atoms with van der Waals surface area (Å²) in [6.07, 6.45) is -7.94. The number of alkyl halides is 3. The zero-order valence-corrected chi connectivity index (χ0v) is 15.6. The summed E-state index contributed by atoms with van der Waals surface area (Å²) in [7, 11) is 0. The molecule has 1 fully saturated rings. The Morgan fingerprint density at radius 2 is 1.79 bits per heavy atom. The summed E-state index contributed by atoms with van der Waals surface area (Å²) in [6.45, 7) is 3.95. The number of carboxylic acid groups (broad SMARTS) is 2. The molecule has 1 saturated heterocycles. The Bertz CT molecular complexity index is 586. The molecule has 1 rings (SSSR count). The lowest BCUT2D eigenvalue weighted by Gasteiger charge is -2.26. The first kappa shape index (κ1) is 25.3. The van der Waals surface area contributed by atoms with Crippen LogP contribution in [0.5, 0.6) is 0 Å². The average Bonchev–Trinajstić information content (AvgIpc) is 2.76. The number of aliphatic carboxylic acids is 1. The second kappa shape index (κ2) is 9.99. The molecule has 0 bridgehead atoms. The number of carboxylic acids is 1. The topological polar surface area (TPSA) is 159 Å². The van der Waals surface area contributed by atoms with E-state index in [0.717, 1.165) is 4.90 Å². The first-order valence-corrected chi connectivity index (χ1v) is 8.05. The summed E-state index contributed by atoms with van der Waals surface area (Å²) in [5, 5.41) is 18.4. The molecule has 10 nitrogen and oxygen atoms in total. The molecular formula is C15H24F3N3O7. The van der Waals surface area contributed by atoms with Crippen LogP contribution >= 0.6 is 0 Å². The van der Waals surface area contributed by atoms with Gasteiger partial charge in [-0.25, -0.2) is 9.59 Å². The van der Waals surface area contributed by atoms with Crippen molar-refractivity contribution in [2.45, 2.75) is 51.4 Å². The van der Waals surface area contributed by atoms with E-state index >= 15 is 0 Å². The van der Waals surface area contributed by atoms with Gasteiger partial charge in [0.15, 0.2) is 0 Å². The summed E-state index contributed by atoms with van der Waals surface area (Å²) in [4.78, 5) is 44.0. The predicted octanol–water partition coefficient (Wildman–Crippen LogP) is 1.39. The highest BCUT2D eigenvalue weighted by Gasteiger charge is 2.47. The van der Waals surface area contributed by atoms with E-state index in [-0.39, 0.29) is 6.54 Å². The van der Waals surface area contributed by atoms with E-state index in [1.54, 1.807) is 20.8 Å². The van der Waals surface area contributed by atoms with E-state index in [4.69, 9.17) is 19.7 Å². The molecule has 3 amide bonds. The van der Waals surface area contributed by atoms with Crippen molar-refractivity contribution in [3.05, 3.63) is 0 Å². The number of hydrogen-bond donors (Lipinski definition) is 4. The molecule has 0 aliphatic carbocycles. The van der Waals surface area contributed by atoms with Gasteiger partial charge in [0, 0.05) is 19.5 Å². The third kappa shape index (κ3) is 11.1. The predicted molar refractivity (Wildman–Crippen MR) is 88.4 cm³/mol. The monoisotopic (exact) mass is 415 g/mol. The normalized spacial score (nSPS) is 18.0. The van der Waals surface area contributed by atoms with Gasteiger partial charge in [-0.3, -0.25) is 9.59 Å². The number of primary amides is 1. The van der Waals surface area contributed by atoms with Crippen LogP contribution in [0.15, 0.2) is 0 Å². The first-order valence-electron chi connectivity index (χ1n) is 8.05. The molecule has 0 aromatic heterocycles. The second-order valence-electron chi connectivity index (χ2n) is 7.02. The molecule has 0 aromatic carbocycles. The maximum Gasteiger partial charge on any atom is 0.407 e. The summed E-state index contributed by atoms with van der Waals surface area (Å²) >= 11 is 0. The minimum Gasteiger partial charge on any atom is -0.481 e. The lowest BCUT2D eigenvalue weighted by Crippen LogP contribution is -2.47. The summed E-state index contributed by atoms with van der Waals surface area (Å²) in [5.41, 5.74) is 3.21. The third-order valence-electron chi connectivity index (χ3n) is 3.26. The molecule has 5 N–H and O–H groups in total. The Hall–Kier alpha value is -2.73. The number of amides is 3. The van der Waals surface area contributed by atoms with Crippen molar-refractivity contribution < 1.29 is 47.3 Å². The Labute approximate surface area is 158 Å². The van der Waals surface area contributed by atoms with E-state index in [2.05, 4.69) is 11.1 Å². The number of nitrogens with two attached hydrogens (primary N) is 1. The Balaban J connectivity index is 0.00000165. The lowest BCUT2D eigenvalue weighted by molar-refractivity contribution is -0.171. The molecule has 1 aliphatic rings. The van der Waals surface area contributed by atoms with Crippen LogP contribution in [-0.2, 0) is 14.3 Å². The van der Waals surface area contributed by atoms with Gasteiger partial charge in [-0.15, -0.1) is 0 Å². The largest absolute Gasteiger partial charge is 0.481 e. The van der Waals surface area contributed by atoms with Gasteiger partial charge in [0.25, 0.3) is 0 Å². The van der Waals surface area contributed by atoms with Gasteiger partial charge in [-0.1, -0.05) is 0 Å². The van der Waals surface area contributed by atoms with Crippen molar-refractivity contribution in [3.8, 4) is 0 Å². The van der Waals surface area contributed by atoms with Crippen molar-refractivity contribution in [1.29, 1.82) is 0 Å². The molecule has 2 atom stereocenters. The molecule has 13 heteroatoms. The molecule has 1 aliphatic heterocycles. The number of halogens is 3. The fourth-order valence-corrected chi connectivity index (χ4v) is 2.28. The molecular weight excluding hydrogens is 391 g/mol. The maximum absolute atomic E-state index is 12.7. The highest BCUT2D eigenvalue weighted by atomic mass is 19.4. The Kier molecular flexibility index (Phi) is 9.02. The van der Waals surface area contributed by atoms with Crippen LogP contribution in [0.1, 0.15) is 33.6 Å². The smallest absolute Gasteiger partial charge is 0.407 e. The van der Waals surface area contributed by atoms with Gasteiger partial charge in [-0.2, -0.15) is 13.2 Å². The number of rotatable bonds is 5. The lowest BCUT2D eigenvalue weighted by atomic mass is 10.1. The van der Waals surface area contributed by atoms with Gasteiger partial charge in [-0.05, 0) is 20.8 Å². The highest BCUT2D eigenvalue weighted by molar-refractivity contribution is 5.79. The van der Waals surface area contributed by atoms with Gasteiger partial charge in [0.05, 0.1) is 18.4 Å². The van der Waals surface area contributed by atoms with Crippen molar-refractivity contribution >= 4 is 24.1 Å². The molecule has 0 radical (unpaired) electrons. The second-order valence-corrected chi connectivity index (χ2v) is 7.02. The number of nitrogens with zero attached hydrogens (tertiary/aromatic N) is 1. The van der Waals surface area contributed by atoms with E-state index in [1.165, 1.54) is 0 Å². The summed E-state index contributed by atoms with van der Waals surface area (Å²) in [5.74, 6) is -3.76. The summed E-state index contributed by atoms with van der Waals surface area (Å²) < 4.78 is 43.1. The van der Waals surface area contributed by atoms with Crippen LogP contribution in [-0.4, -0.2) is 70.1 Å². The molecule has 28 heavy (non-hydrogen) atoms. The molecule has 0 saturated carbocycles. The Morgan fingerprint density at radius 1 is 1.29 bits per heavy atom. The van der Waals surface area contributed by atoms with Crippen LogP contribution in [0, 0.1) is 5.92 Å². The van der Waals surface area contributed by atoms with Crippen LogP contribution in [0.25, 0.3) is 0 Å². The highest BCUT2D eigenvalue weighted by Crippen LogP contribution is 2.34. The zero-order valence-electron chi connectivity index (χ0n) is 15.6. The number of alkyl carbamates (subject to hydrolysis) is 1. The third-order valence-corrected chi connectivity index (χ3v) is 3.26. The zero-order chi connectivity index (χ0) is 22.3. The molecule has 1 unspecified atom stereocenters. The van der Waals surface area contributed by atoms with Gasteiger partial charge in [0.1, 0.15) is 5.60 Å². The van der Waals surface area contributed by atoms with Gasteiger partial charge < -0.3 is 30.9 Å². The standard InChI is InChI=1S/C14H21F3N2O5.CH3NO2/c1-13(2,3)24-12(23)18-9(5-11(21)22)7-19-6-8(4-10(19)20)14(15,16)17;2-1(3)4/h8-9H,4-7H2,1-3H3,(H,18,23)(H,21,22);2H2,(H,3,4)/t8?,9-;/m0./s1. The maximum atomic E-state index is 12.7. The molecule has 0 spiro atoms. The fourth-order valence-electron chi connectivity index (χ4n) is 2.28. The number of hydrogen-bond acceptors (Lipinski definition) is 5. The molecule has 162 valence electrons. The van der Waals surface area contributed by atoms with Gasteiger partial charge >= 0.3 is 24.3 Å². The number of carbonyl (C=O) groups excluding carboxylic acids is 2. The molecule has 1 heterocycles. The van der Waals surface area contributed by atoms with Crippen molar-refractivity contribution in [3.63, 3.8) is 0 Å². The molecule has 0 aromatic rings. The first-order chi connectivity index (χ1) is 12.5. The number of ether oxygens (including phenoxy) is 1. The van der Waals surface area contributed by atoms with Crippen LogP contribution in [0.2, 0.25) is 0 Å². The van der Waals surface area contributed by atoms with Crippen LogP contribution < -0.4 is 11.1 Å². The van der Waals surface area contributed by atoms with Crippen molar-refractivity contribution in [2.75, 3.05) is 13.1 Å². The minimum absolute atomic E-state index is 0.322. The number of carbonyl (C=O) groups is 4. The summed E-state index contributed by atoms with van der Waals surface area (Å²) in [6, 6.07) is -1.05. The van der Waals surface area contributed by atoms with Crippen molar-refractivity contribution in [2.24, 2.45) is 11.7 Å².